The van der Waals surface area contributed by atoms with Gasteiger partial charge in [0.05, 0.1) is 5.69 Å². The summed E-state index contributed by atoms with van der Waals surface area (Å²) in [6, 6.07) is 0. The van der Waals surface area contributed by atoms with Gasteiger partial charge in [0.2, 0.25) is 0 Å². The van der Waals surface area contributed by atoms with E-state index in [0.29, 0.717) is 19.7 Å². The molecular weight excluding hydrogens is 334 g/mol. The predicted octanol–water partition coefficient (Wildman–Crippen LogP) is 0.733. The Hall–Kier alpha value is -2.09. The van der Waals surface area contributed by atoms with Gasteiger partial charge >= 0.3 is 0 Å². The van der Waals surface area contributed by atoms with E-state index in [0.717, 1.165) is 61.9 Å². The molecule has 2 aliphatic rings. The highest BCUT2D eigenvalue weighted by Gasteiger charge is 2.30. The molecule has 144 valence electrons. The topological polar surface area (TPSA) is 83.2 Å². The third kappa shape index (κ3) is 4.17. The maximum atomic E-state index is 12.4. The number of hydrogen-bond donors (Lipinski definition) is 1. The molecule has 8 heteroatoms. The summed E-state index contributed by atoms with van der Waals surface area (Å²) in [4.78, 5) is 20.9. The van der Waals surface area contributed by atoms with Crippen molar-refractivity contribution in [1.29, 1.82) is 0 Å². The number of aromatic nitrogens is 1. The molecular formula is C18H29N5O3. The molecule has 0 bridgehead atoms. The SMILES string of the molecule is CN=C(NCCc1c(C)noc1C)N1CCN(C(=O)C2CCCO2)CC1. The first-order valence-electron chi connectivity index (χ1n) is 9.38. The van der Waals surface area contributed by atoms with Crippen LogP contribution in [0.4, 0.5) is 0 Å². The van der Waals surface area contributed by atoms with E-state index in [1.165, 1.54) is 0 Å². The molecule has 3 rings (SSSR count). The summed E-state index contributed by atoms with van der Waals surface area (Å²) in [6.45, 7) is 8.36. The summed E-state index contributed by atoms with van der Waals surface area (Å²) in [7, 11) is 1.79. The maximum Gasteiger partial charge on any atom is 0.251 e. The number of rotatable bonds is 4. The van der Waals surface area contributed by atoms with Crippen LogP contribution in [-0.2, 0) is 16.0 Å². The fourth-order valence-electron chi connectivity index (χ4n) is 3.61. The van der Waals surface area contributed by atoms with Gasteiger partial charge in [-0.1, -0.05) is 5.16 Å². The molecule has 2 fully saturated rings. The monoisotopic (exact) mass is 363 g/mol. The van der Waals surface area contributed by atoms with Crippen molar-refractivity contribution in [1.82, 2.24) is 20.3 Å². The van der Waals surface area contributed by atoms with E-state index in [-0.39, 0.29) is 12.0 Å². The third-order valence-corrected chi connectivity index (χ3v) is 5.15. The van der Waals surface area contributed by atoms with Crippen molar-refractivity contribution in [3.63, 3.8) is 0 Å². The molecule has 0 saturated carbocycles. The summed E-state index contributed by atoms with van der Waals surface area (Å²) in [5.41, 5.74) is 2.10. The Morgan fingerprint density at radius 3 is 2.58 bits per heavy atom. The largest absolute Gasteiger partial charge is 0.368 e. The number of aliphatic imine (C=N–C) groups is 1. The van der Waals surface area contributed by atoms with Gasteiger partial charge in [0, 0.05) is 51.9 Å². The van der Waals surface area contributed by atoms with E-state index in [1.807, 2.05) is 18.7 Å². The number of aryl methyl sites for hydroxylation is 2. The number of ether oxygens (including phenoxy) is 1. The normalized spacial score (nSPS) is 21.3. The number of hydrogen-bond acceptors (Lipinski definition) is 5. The Labute approximate surface area is 154 Å². The van der Waals surface area contributed by atoms with Crippen LogP contribution in [0, 0.1) is 13.8 Å². The second-order valence-electron chi connectivity index (χ2n) is 6.84. The second kappa shape index (κ2) is 8.53. The van der Waals surface area contributed by atoms with E-state index < -0.39 is 0 Å². The van der Waals surface area contributed by atoms with Crippen LogP contribution in [0.3, 0.4) is 0 Å². The standard InChI is InChI=1S/C18H29N5O3/c1-13-15(14(2)26-21-13)6-7-20-18(19-3)23-10-8-22(9-11-23)17(24)16-5-4-12-25-16/h16H,4-12H2,1-3H3,(H,19,20). The number of nitrogens with zero attached hydrogens (tertiary/aromatic N) is 4. The van der Waals surface area contributed by atoms with Crippen LogP contribution in [0.1, 0.15) is 29.9 Å². The highest BCUT2D eigenvalue weighted by Crippen LogP contribution is 2.16. The number of carbonyl (C=O) groups excluding carboxylic acids is 1. The average molecular weight is 363 g/mol. The van der Waals surface area contributed by atoms with Crippen LogP contribution in [0.5, 0.6) is 0 Å². The average Bonchev–Trinajstić information content (AvgIpc) is 3.30. The summed E-state index contributed by atoms with van der Waals surface area (Å²) in [5.74, 6) is 1.89. The number of carbonyl (C=O) groups is 1. The van der Waals surface area contributed by atoms with Crippen LogP contribution in [-0.4, -0.2) is 79.3 Å². The minimum absolute atomic E-state index is 0.142. The van der Waals surface area contributed by atoms with E-state index in [9.17, 15) is 4.79 Å². The van der Waals surface area contributed by atoms with E-state index in [1.54, 1.807) is 7.05 Å². The molecule has 2 saturated heterocycles. The minimum Gasteiger partial charge on any atom is -0.368 e. The molecule has 0 aromatic carbocycles. The lowest BCUT2D eigenvalue weighted by Gasteiger charge is -2.37. The van der Waals surface area contributed by atoms with E-state index in [4.69, 9.17) is 9.26 Å². The Morgan fingerprint density at radius 2 is 2.00 bits per heavy atom. The molecule has 8 nitrogen and oxygen atoms in total. The lowest BCUT2D eigenvalue weighted by Crippen LogP contribution is -2.55. The van der Waals surface area contributed by atoms with Crippen molar-refractivity contribution in [2.45, 2.75) is 39.2 Å². The highest BCUT2D eigenvalue weighted by atomic mass is 16.5. The van der Waals surface area contributed by atoms with Crippen molar-refractivity contribution in [3.05, 3.63) is 17.0 Å². The molecule has 1 aromatic rings. The van der Waals surface area contributed by atoms with Crippen LogP contribution in [0.25, 0.3) is 0 Å². The molecule has 1 unspecified atom stereocenters. The van der Waals surface area contributed by atoms with Gasteiger partial charge in [0.1, 0.15) is 11.9 Å². The van der Waals surface area contributed by atoms with Crippen molar-refractivity contribution in [2.24, 2.45) is 4.99 Å². The van der Waals surface area contributed by atoms with Crippen molar-refractivity contribution >= 4 is 11.9 Å². The molecule has 0 spiro atoms. The van der Waals surface area contributed by atoms with Crippen molar-refractivity contribution in [2.75, 3.05) is 46.4 Å². The van der Waals surface area contributed by atoms with Gasteiger partial charge in [-0.2, -0.15) is 0 Å². The van der Waals surface area contributed by atoms with E-state index in [2.05, 4.69) is 20.4 Å². The number of piperazine rings is 1. The number of amides is 1. The molecule has 1 aromatic heterocycles. The van der Waals surface area contributed by atoms with E-state index >= 15 is 0 Å². The predicted molar refractivity (Wildman–Crippen MR) is 98.2 cm³/mol. The van der Waals surface area contributed by atoms with Crippen molar-refractivity contribution < 1.29 is 14.1 Å². The van der Waals surface area contributed by atoms with Gasteiger partial charge in [-0.3, -0.25) is 9.79 Å². The lowest BCUT2D eigenvalue weighted by molar-refractivity contribution is -0.142. The fourth-order valence-corrected chi connectivity index (χ4v) is 3.61. The van der Waals surface area contributed by atoms with Gasteiger partial charge < -0.3 is 24.4 Å². The summed E-state index contributed by atoms with van der Waals surface area (Å²) in [6.07, 6.45) is 2.45. The first-order chi connectivity index (χ1) is 12.6. The first-order valence-corrected chi connectivity index (χ1v) is 9.38. The zero-order valence-electron chi connectivity index (χ0n) is 16.0. The zero-order chi connectivity index (χ0) is 18.5. The van der Waals surface area contributed by atoms with Gasteiger partial charge in [0.15, 0.2) is 5.96 Å². The molecule has 1 amide bonds. The third-order valence-electron chi connectivity index (χ3n) is 5.15. The summed E-state index contributed by atoms with van der Waals surface area (Å²) in [5, 5.41) is 7.40. The smallest absolute Gasteiger partial charge is 0.251 e. The first kappa shape index (κ1) is 18.7. The van der Waals surface area contributed by atoms with Gasteiger partial charge in [0.25, 0.3) is 5.91 Å². The molecule has 1 N–H and O–H groups in total. The van der Waals surface area contributed by atoms with Gasteiger partial charge in [-0.15, -0.1) is 0 Å². The zero-order valence-corrected chi connectivity index (χ0v) is 16.0. The molecule has 0 radical (unpaired) electrons. The molecule has 3 heterocycles. The Bertz CT molecular complexity index is 624. The Morgan fingerprint density at radius 1 is 1.27 bits per heavy atom. The van der Waals surface area contributed by atoms with Crippen LogP contribution < -0.4 is 5.32 Å². The highest BCUT2D eigenvalue weighted by molar-refractivity contribution is 5.82. The lowest BCUT2D eigenvalue weighted by atomic mass is 10.1. The Balaban J connectivity index is 1.45. The second-order valence-corrected chi connectivity index (χ2v) is 6.84. The van der Waals surface area contributed by atoms with Crippen LogP contribution >= 0.6 is 0 Å². The number of nitrogens with one attached hydrogen (secondary N) is 1. The van der Waals surface area contributed by atoms with Crippen molar-refractivity contribution in [3.8, 4) is 0 Å². The molecule has 2 aliphatic heterocycles. The molecule has 1 atom stereocenters. The molecule has 26 heavy (non-hydrogen) atoms. The number of guanidine groups is 1. The Kier molecular flexibility index (Phi) is 6.13. The van der Waals surface area contributed by atoms with Crippen LogP contribution in [0.2, 0.25) is 0 Å². The summed E-state index contributed by atoms with van der Waals surface area (Å²) < 4.78 is 10.7. The quantitative estimate of drug-likeness (QED) is 0.627. The maximum absolute atomic E-state index is 12.4. The molecule has 0 aliphatic carbocycles. The van der Waals surface area contributed by atoms with Crippen LogP contribution in [0.15, 0.2) is 9.52 Å². The van der Waals surface area contributed by atoms with Gasteiger partial charge in [-0.25, -0.2) is 0 Å². The van der Waals surface area contributed by atoms with Gasteiger partial charge in [-0.05, 0) is 33.1 Å². The minimum atomic E-state index is -0.228. The summed E-state index contributed by atoms with van der Waals surface area (Å²) >= 11 is 0. The fraction of sp³-hybridized carbons (Fsp3) is 0.722.